The summed E-state index contributed by atoms with van der Waals surface area (Å²) in [6, 6.07) is 5.92. The third-order valence-electron chi connectivity index (χ3n) is 2.66. The number of hydrogen-bond donors (Lipinski definition) is 1. The number of benzene rings is 1. The van der Waals surface area contributed by atoms with Crippen molar-refractivity contribution >= 4 is 11.9 Å². The molecule has 1 unspecified atom stereocenters. The van der Waals surface area contributed by atoms with Crippen LogP contribution < -0.4 is 0 Å². The van der Waals surface area contributed by atoms with Gasteiger partial charge in [0.1, 0.15) is 12.7 Å². The monoisotopic (exact) mass is 266 g/mol. The Morgan fingerprint density at radius 2 is 2.00 bits per heavy atom. The Morgan fingerprint density at radius 1 is 1.26 bits per heavy atom. The molecule has 1 saturated heterocycles. The molecule has 1 fully saturated rings. The zero-order valence-electron chi connectivity index (χ0n) is 10.2. The van der Waals surface area contributed by atoms with Crippen LogP contribution >= 0.6 is 0 Å². The Morgan fingerprint density at radius 3 is 2.63 bits per heavy atom. The summed E-state index contributed by atoms with van der Waals surface area (Å²) in [6.45, 7) is 1.42. The van der Waals surface area contributed by atoms with Gasteiger partial charge in [0.2, 0.25) is 0 Å². The van der Waals surface area contributed by atoms with E-state index in [2.05, 4.69) is 0 Å². The highest BCUT2D eigenvalue weighted by molar-refractivity contribution is 6.02. The third-order valence-corrected chi connectivity index (χ3v) is 2.66. The van der Waals surface area contributed by atoms with E-state index in [1.165, 1.54) is 12.1 Å². The first-order valence-corrected chi connectivity index (χ1v) is 5.87. The number of carbonyl (C=O) groups is 2. The van der Waals surface area contributed by atoms with Crippen LogP contribution in [-0.2, 0) is 14.2 Å². The molecule has 1 aliphatic heterocycles. The second-order valence-electron chi connectivity index (χ2n) is 4.02. The van der Waals surface area contributed by atoms with Crippen LogP contribution in [0.3, 0.4) is 0 Å². The molecule has 1 heterocycles. The summed E-state index contributed by atoms with van der Waals surface area (Å²) in [5, 5.41) is 8.98. The van der Waals surface area contributed by atoms with Crippen molar-refractivity contribution in [2.75, 3.05) is 26.4 Å². The minimum atomic E-state index is -1.16. The molecule has 1 atom stereocenters. The molecule has 1 aromatic rings. The molecule has 102 valence electrons. The third kappa shape index (κ3) is 3.52. The first kappa shape index (κ1) is 13.5. The SMILES string of the molecule is O=C(O)c1ccccc1C(=O)OCC1COCCO1. The molecular weight excluding hydrogens is 252 g/mol. The van der Waals surface area contributed by atoms with Crippen LogP contribution in [0, 0.1) is 0 Å². The average Bonchev–Trinajstić information content (AvgIpc) is 2.46. The Kier molecular flexibility index (Phi) is 4.48. The first-order chi connectivity index (χ1) is 9.18. The van der Waals surface area contributed by atoms with Gasteiger partial charge in [0.25, 0.3) is 0 Å². The average molecular weight is 266 g/mol. The fourth-order valence-electron chi connectivity index (χ4n) is 1.73. The minimum absolute atomic E-state index is 0.0340. The number of carboxylic acid groups (broad SMARTS) is 1. The summed E-state index contributed by atoms with van der Waals surface area (Å²) in [4.78, 5) is 22.8. The van der Waals surface area contributed by atoms with E-state index >= 15 is 0 Å². The molecule has 0 spiro atoms. The smallest absolute Gasteiger partial charge is 0.339 e. The normalized spacial score (nSPS) is 18.8. The molecule has 6 nitrogen and oxygen atoms in total. The molecule has 0 saturated carbocycles. The van der Waals surface area contributed by atoms with E-state index in [0.717, 1.165) is 0 Å². The zero-order valence-corrected chi connectivity index (χ0v) is 10.2. The second kappa shape index (κ2) is 6.31. The van der Waals surface area contributed by atoms with E-state index < -0.39 is 11.9 Å². The number of aromatic carboxylic acids is 1. The minimum Gasteiger partial charge on any atom is -0.478 e. The number of carbonyl (C=O) groups excluding carboxylic acids is 1. The number of rotatable bonds is 4. The van der Waals surface area contributed by atoms with E-state index in [4.69, 9.17) is 19.3 Å². The zero-order chi connectivity index (χ0) is 13.7. The maximum Gasteiger partial charge on any atom is 0.339 e. The summed E-state index contributed by atoms with van der Waals surface area (Å²) in [5.41, 5.74) is -0.0416. The molecule has 1 aliphatic rings. The van der Waals surface area contributed by atoms with Crippen LogP contribution in [-0.4, -0.2) is 49.6 Å². The lowest BCUT2D eigenvalue weighted by Crippen LogP contribution is -2.33. The van der Waals surface area contributed by atoms with Gasteiger partial charge in [-0.2, -0.15) is 0 Å². The van der Waals surface area contributed by atoms with Crippen LogP contribution in [0.5, 0.6) is 0 Å². The van der Waals surface area contributed by atoms with Crippen molar-refractivity contribution in [3.05, 3.63) is 35.4 Å². The summed E-state index contributed by atoms with van der Waals surface area (Å²) >= 11 is 0. The van der Waals surface area contributed by atoms with E-state index in [1.807, 2.05) is 0 Å². The van der Waals surface area contributed by atoms with Gasteiger partial charge < -0.3 is 19.3 Å². The standard InChI is InChI=1S/C13H14O6/c14-12(15)10-3-1-2-4-11(10)13(16)19-8-9-7-17-5-6-18-9/h1-4,9H,5-8H2,(H,14,15). The van der Waals surface area contributed by atoms with Gasteiger partial charge in [0, 0.05) is 0 Å². The van der Waals surface area contributed by atoms with Gasteiger partial charge in [-0.15, -0.1) is 0 Å². The van der Waals surface area contributed by atoms with Gasteiger partial charge >= 0.3 is 11.9 Å². The number of hydrogen-bond acceptors (Lipinski definition) is 5. The van der Waals surface area contributed by atoms with E-state index in [1.54, 1.807) is 12.1 Å². The quantitative estimate of drug-likeness (QED) is 0.817. The van der Waals surface area contributed by atoms with Gasteiger partial charge in [0.15, 0.2) is 0 Å². The number of carboxylic acids is 1. The highest BCUT2D eigenvalue weighted by Gasteiger charge is 2.20. The summed E-state index contributed by atoms with van der Waals surface area (Å²) in [6.07, 6.45) is -0.297. The lowest BCUT2D eigenvalue weighted by molar-refractivity contribution is -0.107. The largest absolute Gasteiger partial charge is 0.478 e. The second-order valence-corrected chi connectivity index (χ2v) is 4.02. The van der Waals surface area contributed by atoms with Gasteiger partial charge in [-0.05, 0) is 12.1 Å². The van der Waals surface area contributed by atoms with Crippen LogP contribution in [0.2, 0.25) is 0 Å². The van der Waals surface area contributed by atoms with Crippen molar-refractivity contribution in [3.63, 3.8) is 0 Å². The Bertz CT molecular complexity index is 464. The Labute approximate surface area is 109 Å². The van der Waals surface area contributed by atoms with Crippen molar-refractivity contribution in [1.29, 1.82) is 0 Å². The predicted molar refractivity (Wildman–Crippen MR) is 64.2 cm³/mol. The molecule has 1 N–H and O–H groups in total. The van der Waals surface area contributed by atoms with Crippen LogP contribution in [0.1, 0.15) is 20.7 Å². The van der Waals surface area contributed by atoms with E-state index in [0.29, 0.717) is 19.8 Å². The molecule has 1 aromatic carbocycles. The Hall–Kier alpha value is -1.92. The Balaban J connectivity index is 1.97. The van der Waals surface area contributed by atoms with Gasteiger partial charge in [-0.3, -0.25) is 0 Å². The fourth-order valence-corrected chi connectivity index (χ4v) is 1.73. The van der Waals surface area contributed by atoms with Crippen LogP contribution in [0.4, 0.5) is 0 Å². The molecule has 0 amide bonds. The van der Waals surface area contributed by atoms with Gasteiger partial charge in [-0.25, -0.2) is 9.59 Å². The molecule has 6 heteroatoms. The molecule has 0 aliphatic carbocycles. The molecule has 0 bridgehead atoms. The predicted octanol–water partition coefficient (Wildman–Crippen LogP) is 0.957. The lowest BCUT2D eigenvalue weighted by atomic mass is 10.1. The molecule has 0 aromatic heterocycles. The van der Waals surface area contributed by atoms with Crippen LogP contribution in [0.25, 0.3) is 0 Å². The van der Waals surface area contributed by atoms with Crippen LogP contribution in [0.15, 0.2) is 24.3 Å². The molecule has 2 rings (SSSR count). The molecular formula is C13H14O6. The molecule has 0 radical (unpaired) electrons. The lowest BCUT2D eigenvalue weighted by Gasteiger charge is -2.22. The summed E-state index contributed by atoms with van der Waals surface area (Å²) < 4.78 is 15.5. The van der Waals surface area contributed by atoms with Crippen molar-refractivity contribution < 1.29 is 28.9 Å². The molecule has 19 heavy (non-hydrogen) atoms. The highest BCUT2D eigenvalue weighted by Crippen LogP contribution is 2.11. The fraction of sp³-hybridized carbons (Fsp3) is 0.385. The first-order valence-electron chi connectivity index (χ1n) is 5.87. The maximum atomic E-state index is 11.8. The number of ether oxygens (including phenoxy) is 3. The highest BCUT2D eigenvalue weighted by atomic mass is 16.6. The topological polar surface area (TPSA) is 82.1 Å². The summed E-state index contributed by atoms with van der Waals surface area (Å²) in [5.74, 6) is -1.84. The van der Waals surface area contributed by atoms with Crippen molar-refractivity contribution in [2.45, 2.75) is 6.10 Å². The summed E-state index contributed by atoms with van der Waals surface area (Å²) in [7, 11) is 0. The maximum absolute atomic E-state index is 11.8. The van der Waals surface area contributed by atoms with Crippen molar-refractivity contribution in [3.8, 4) is 0 Å². The number of esters is 1. The van der Waals surface area contributed by atoms with Crippen molar-refractivity contribution in [2.24, 2.45) is 0 Å². The van der Waals surface area contributed by atoms with Crippen molar-refractivity contribution in [1.82, 2.24) is 0 Å². The van der Waals surface area contributed by atoms with Gasteiger partial charge in [0.05, 0.1) is 30.9 Å². The van der Waals surface area contributed by atoms with E-state index in [-0.39, 0.29) is 23.8 Å². The van der Waals surface area contributed by atoms with Gasteiger partial charge in [-0.1, -0.05) is 12.1 Å². The van der Waals surface area contributed by atoms with E-state index in [9.17, 15) is 9.59 Å².